The lowest BCUT2D eigenvalue weighted by molar-refractivity contribution is -0.00357. The van der Waals surface area contributed by atoms with E-state index in [2.05, 4.69) is 21.2 Å². The maximum absolute atomic E-state index is 15.1. The van der Waals surface area contributed by atoms with Gasteiger partial charge in [0.15, 0.2) is 15.6 Å². The second-order valence-corrected chi connectivity index (χ2v) is 10.9. The number of aromatic hydroxyl groups is 2. The van der Waals surface area contributed by atoms with Crippen LogP contribution in [0, 0.1) is 5.82 Å². The van der Waals surface area contributed by atoms with Gasteiger partial charge in [0, 0.05) is 10.0 Å². The molecule has 0 atom stereocenters. The number of carbonyl (C=O) groups excluding carboxylic acids is 1. The second kappa shape index (κ2) is 8.23. The van der Waals surface area contributed by atoms with Crippen molar-refractivity contribution in [3.8, 4) is 11.5 Å². The molecular weight excluding hydrogens is 517 g/mol. The van der Waals surface area contributed by atoms with Crippen LogP contribution in [0.3, 0.4) is 0 Å². The molecule has 0 radical (unpaired) electrons. The van der Waals surface area contributed by atoms with Crippen LogP contribution in [0.5, 0.6) is 11.5 Å². The highest BCUT2D eigenvalue weighted by Crippen LogP contribution is 2.45. The Morgan fingerprint density at radius 3 is 2.48 bits per heavy atom. The molecule has 2 fully saturated rings. The first kappa shape index (κ1) is 22.3. The number of phenols is 2. The number of halogens is 3. The second-order valence-electron chi connectivity index (χ2n) is 7.64. The van der Waals surface area contributed by atoms with Gasteiger partial charge in [-0.3, -0.25) is 4.79 Å². The lowest BCUT2D eigenvalue weighted by atomic mass is 9.99. The molecule has 0 aromatic heterocycles. The number of hydrogen-bond acceptors (Lipinski definition) is 6. The first-order valence-electron chi connectivity index (χ1n) is 9.42. The van der Waals surface area contributed by atoms with Gasteiger partial charge >= 0.3 is 0 Å². The van der Waals surface area contributed by atoms with E-state index < -0.39 is 49.3 Å². The van der Waals surface area contributed by atoms with E-state index in [1.54, 1.807) is 0 Å². The van der Waals surface area contributed by atoms with Crippen LogP contribution in [0.1, 0.15) is 40.2 Å². The van der Waals surface area contributed by atoms with Crippen LogP contribution in [0.4, 0.5) is 4.39 Å². The van der Waals surface area contributed by atoms with Crippen molar-refractivity contribution in [3.05, 3.63) is 50.2 Å². The summed E-state index contributed by atoms with van der Waals surface area (Å²) < 4.78 is 46.4. The highest BCUT2D eigenvalue weighted by Gasteiger charge is 2.35. The number of hydrogen-bond donors (Lipinski definition) is 3. The van der Waals surface area contributed by atoms with Gasteiger partial charge in [-0.05, 0) is 42.5 Å². The zero-order valence-corrected chi connectivity index (χ0v) is 19.2. The molecule has 166 valence electrons. The lowest BCUT2D eigenvalue weighted by Gasteiger charge is -2.27. The maximum atomic E-state index is 15.1. The van der Waals surface area contributed by atoms with Gasteiger partial charge in [0.1, 0.15) is 22.0 Å². The molecule has 1 saturated carbocycles. The molecule has 0 spiro atoms. The molecule has 1 aliphatic heterocycles. The Bertz CT molecular complexity index is 1180. The molecule has 2 aliphatic rings. The lowest BCUT2D eigenvalue weighted by Crippen LogP contribution is -2.48. The monoisotopic (exact) mass is 533 g/mol. The van der Waals surface area contributed by atoms with Gasteiger partial charge in [0.05, 0.1) is 30.0 Å². The highest BCUT2D eigenvalue weighted by atomic mass is 79.9. The Balaban J connectivity index is 1.77. The SMILES string of the molecule is O=C(NC1COC1)c1c(O)c(CS(=O)(=O)c2cc(Br)cc(Cl)c2O)cc(C2CC2)c1F. The molecule has 0 unspecified atom stereocenters. The summed E-state index contributed by atoms with van der Waals surface area (Å²) in [5.41, 5.74) is -0.527. The number of phenolic OH excluding ortho intramolecular Hbond substituents is 2. The summed E-state index contributed by atoms with van der Waals surface area (Å²) in [7, 11) is -4.20. The van der Waals surface area contributed by atoms with Crippen molar-refractivity contribution in [1.29, 1.82) is 0 Å². The van der Waals surface area contributed by atoms with Crippen molar-refractivity contribution in [1.82, 2.24) is 5.32 Å². The third kappa shape index (κ3) is 4.39. The average molecular weight is 535 g/mol. The molecule has 2 aromatic carbocycles. The number of ether oxygens (including phenoxy) is 1. The summed E-state index contributed by atoms with van der Waals surface area (Å²) in [4.78, 5) is 12.2. The highest BCUT2D eigenvalue weighted by molar-refractivity contribution is 9.10. The fraction of sp³-hybridized carbons (Fsp3) is 0.350. The number of benzene rings is 2. The Labute approximate surface area is 191 Å². The maximum Gasteiger partial charge on any atom is 0.258 e. The molecule has 4 rings (SSSR count). The molecule has 11 heteroatoms. The van der Waals surface area contributed by atoms with Crippen LogP contribution in [0.2, 0.25) is 5.02 Å². The Hall–Kier alpha value is -1.88. The van der Waals surface area contributed by atoms with E-state index in [-0.39, 0.29) is 41.3 Å². The van der Waals surface area contributed by atoms with Crippen molar-refractivity contribution in [2.45, 2.75) is 35.4 Å². The fourth-order valence-electron chi connectivity index (χ4n) is 3.38. The Kier molecular flexibility index (Phi) is 5.93. The summed E-state index contributed by atoms with van der Waals surface area (Å²) >= 11 is 9.01. The van der Waals surface area contributed by atoms with Gasteiger partial charge in [0.2, 0.25) is 0 Å². The first-order chi connectivity index (χ1) is 14.6. The topological polar surface area (TPSA) is 113 Å². The number of sulfone groups is 1. The molecular formula is C20H18BrClFNO6S. The smallest absolute Gasteiger partial charge is 0.258 e. The molecule has 1 amide bonds. The van der Waals surface area contributed by atoms with Crippen LogP contribution >= 0.6 is 27.5 Å². The van der Waals surface area contributed by atoms with Crippen LogP contribution in [0.15, 0.2) is 27.6 Å². The van der Waals surface area contributed by atoms with Crippen molar-refractivity contribution in [2.24, 2.45) is 0 Å². The molecule has 3 N–H and O–H groups in total. The van der Waals surface area contributed by atoms with Crippen LogP contribution in [0.25, 0.3) is 0 Å². The predicted molar refractivity (Wildman–Crippen MR) is 114 cm³/mol. The third-order valence-electron chi connectivity index (χ3n) is 5.23. The molecule has 1 aliphatic carbocycles. The van der Waals surface area contributed by atoms with Crippen LogP contribution in [-0.4, -0.2) is 43.8 Å². The summed E-state index contributed by atoms with van der Waals surface area (Å²) in [5.74, 6) is -3.97. The van der Waals surface area contributed by atoms with E-state index in [0.717, 1.165) is 0 Å². The van der Waals surface area contributed by atoms with E-state index in [1.165, 1.54) is 18.2 Å². The van der Waals surface area contributed by atoms with E-state index in [4.69, 9.17) is 16.3 Å². The largest absolute Gasteiger partial charge is 0.507 e. The fourth-order valence-corrected chi connectivity index (χ4v) is 5.89. The molecule has 7 nitrogen and oxygen atoms in total. The number of carbonyl (C=O) groups is 1. The van der Waals surface area contributed by atoms with Gasteiger partial charge in [-0.1, -0.05) is 27.5 Å². The number of amides is 1. The molecule has 2 aromatic rings. The number of nitrogens with one attached hydrogen (secondary N) is 1. The minimum Gasteiger partial charge on any atom is -0.507 e. The van der Waals surface area contributed by atoms with Gasteiger partial charge in [-0.25, -0.2) is 12.8 Å². The molecule has 0 bridgehead atoms. The Morgan fingerprint density at radius 1 is 1.23 bits per heavy atom. The van der Waals surface area contributed by atoms with E-state index in [9.17, 15) is 23.4 Å². The predicted octanol–water partition coefficient (Wildman–Crippen LogP) is 3.63. The van der Waals surface area contributed by atoms with Crippen molar-refractivity contribution in [2.75, 3.05) is 13.2 Å². The van der Waals surface area contributed by atoms with Gasteiger partial charge in [-0.15, -0.1) is 0 Å². The van der Waals surface area contributed by atoms with Crippen molar-refractivity contribution < 1.29 is 32.6 Å². The summed E-state index contributed by atoms with van der Waals surface area (Å²) in [5, 5.41) is 23.2. The zero-order valence-electron chi connectivity index (χ0n) is 16.0. The first-order valence-corrected chi connectivity index (χ1v) is 12.2. The van der Waals surface area contributed by atoms with Crippen LogP contribution in [-0.2, 0) is 20.3 Å². The van der Waals surface area contributed by atoms with Crippen molar-refractivity contribution in [3.63, 3.8) is 0 Å². The quantitative estimate of drug-likeness (QED) is 0.522. The minimum atomic E-state index is -4.20. The zero-order chi connectivity index (χ0) is 22.5. The normalized spacial score (nSPS) is 16.7. The molecule has 1 saturated heterocycles. The Morgan fingerprint density at radius 2 is 1.90 bits per heavy atom. The minimum absolute atomic E-state index is 0.131. The molecule has 31 heavy (non-hydrogen) atoms. The van der Waals surface area contributed by atoms with Gasteiger partial charge in [-0.2, -0.15) is 0 Å². The number of rotatable bonds is 6. The third-order valence-corrected chi connectivity index (χ3v) is 7.65. The molecule has 1 heterocycles. The van der Waals surface area contributed by atoms with Gasteiger partial charge < -0.3 is 20.3 Å². The summed E-state index contributed by atoms with van der Waals surface area (Å²) in [6.07, 6.45) is 1.40. The van der Waals surface area contributed by atoms with E-state index in [0.29, 0.717) is 17.3 Å². The van der Waals surface area contributed by atoms with E-state index in [1.807, 2.05) is 0 Å². The standard InChI is InChI=1S/C20H18BrClFNO6S/c21-11-4-14(22)19(26)15(5-11)31(28,29)8-10-3-13(9-1-2-9)17(23)16(18(10)25)20(27)24-12-6-30-7-12/h3-5,9,12,25-26H,1-2,6-8H2,(H,24,27). The van der Waals surface area contributed by atoms with Crippen LogP contribution < -0.4 is 5.32 Å². The van der Waals surface area contributed by atoms with Crippen molar-refractivity contribution >= 4 is 43.3 Å². The van der Waals surface area contributed by atoms with E-state index >= 15 is 4.39 Å². The van der Waals surface area contributed by atoms with Gasteiger partial charge in [0.25, 0.3) is 5.91 Å². The summed E-state index contributed by atoms with van der Waals surface area (Å²) in [6.45, 7) is 0.557. The summed E-state index contributed by atoms with van der Waals surface area (Å²) in [6, 6.07) is 3.50. The average Bonchev–Trinajstić information content (AvgIpc) is 3.48.